The third-order valence-corrected chi connectivity index (χ3v) is 5.39. The van der Waals surface area contributed by atoms with Crippen LogP contribution in [0.5, 0.6) is 0 Å². The molecule has 0 atom stereocenters. The summed E-state index contributed by atoms with van der Waals surface area (Å²) in [6, 6.07) is 6.24. The van der Waals surface area contributed by atoms with E-state index in [-0.39, 0.29) is 0 Å². The molecule has 2 aromatic rings. The van der Waals surface area contributed by atoms with Crippen LogP contribution in [0, 0.1) is 0 Å². The molecule has 1 aliphatic rings. The molecule has 0 aliphatic heterocycles. The summed E-state index contributed by atoms with van der Waals surface area (Å²) < 4.78 is 0. The fourth-order valence-corrected chi connectivity index (χ4v) is 3.93. The fourth-order valence-electron chi connectivity index (χ4n) is 3.25. The van der Waals surface area contributed by atoms with E-state index in [4.69, 9.17) is 22.3 Å². The first-order chi connectivity index (χ1) is 11.2. The highest BCUT2D eigenvalue weighted by Gasteiger charge is 2.15. The number of aromatic nitrogens is 2. The van der Waals surface area contributed by atoms with Crippen molar-refractivity contribution in [3.8, 4) is 0 Å². The molecule has 3 rings (SSSR count). The highest BCUT2D eigenvalue weighted by Crippen LogP contribution is 2.27. The number of nitrogen functional groups attached to an aromatic ring is 1. The lowest BCUT2D eigenvalue weighted by Gasteiger charge is -2.13. The molecular weight excluding hydrogens is 326 g/mol. The number of rotatable bonds is 1. The van der Waals surface area contributed by atoms with Gasteiger partial charge in [-0.15, -0.1) is 0 Å². The van der Waals surface area contributed by atoms with E-state index in [0.29, 0.717) is 5.82 Å². The molecule has 0 amide bonds. The van der Waals surface area contributed by atoms with Gasteiger partial charge in [0.15, 0.2) is 5.16 Å². The van der Waals surface area contributed by atoms with Gasteiger partial charge in [0.25, 0.3) is 0 Å². The van der Waals surface area contributed by atoms with Crippen molar-refractivity contribution >= 4 is 29.2 Å². The highest BCUT2D eigenvalue weighted by atomic mass is 35.5. The number of benzene rings is 1. The lowest BCUT2D eigenvalue weighted by Crippen LogP contribution is -2.09. The van der Waals surface area contributed by atoms with E-state index in [0.717, 1.165) is 60.0 Å². The number of anilines is 1. The second kappa shape index (κ2) is 7.54. The van der Waals surface area contributed by atoms with E-state index < -0.39 is 0 Å². The molecule has 122 valence electrons. The first-order valence-electron chi connectivity index (χ1n) is 8.14. The van der Waals surface area contributed by atoms with E-state index in [1.54, 1.807) is 11.8 Å². The van der Waals surface area contributed by atoms with E-state index in [1.165, 1.54) is 17.5 Å². The average molecular weight is 348 g/mol. The lowest BCUT2D eigenvalue weighted by molar-refractivity contribution is 0.673. The summed E-state index contributed by atoms with van der Waals surface area (Å²) in [6.07, 6.45) is 9.32. The normalized spacial score (nSPS) is 15.4. The molecule has 1 heterocycles. The molecule has 0 radical (unpaired) electrons. The van der Waals surface area contributed by atoms with Crippen LogP contribution in [-0.4, -0.2) is 16.2 Å². The van der Waals surface area contributed by atoms with Gasteiger partial charge in [-0.3, -0.25) is 0 Å². The number of nitrogens with two attached hydrogens (primary N) is 1. The number of hydrogen-bond donors (Lipinski definition) is 1. The monoisotopic (exact) mass is 347 g/mol. The number of nitrogens with zero attached hydrogens (tertiary/aromatic N) is 2. The number of aryl methyl sites for hydroxylation is 2. The Balaban J connectivity index is 1.98. The van der Waals surface area contributed by atoms with Crippen molar-refractivity contribution < 1.29 is 0 Å². The van der Waals surface area contributed by atoms with Crippen molar-refractivity contribution in [3.63, 3.8) is 0 Å². The standard InChI is InChI=1S/C18H22ClN3S/c1-23-18-21-16-11-10-12-6-5-9-15(19)13(12)7-3-2-4-8-14(16)17(20)22-18/h5-6,9H,2-4,7-8,10-11H2,1H3,(H2,20,21,22). The summed E-state index contributed by atoms with van der Waals surface area (Å²) in [6.45, 7) is 0. The van der Waals surface area contributed by atoms with Gasteiger partial charge in [0.2, 0.25) is 0 Å². The summed E-state index contributed by atoms with van der Waals surface area (Å²) in [7, 11) is 0. The Morgan fingerprint density at radius 2 is 1.78 bits per heavy atom. The third kappa shape index (κ3) is 3.81. The minimum absolute atomic E-state index is 0.657. The average Bonchev–Trinajstić information content (AvgIpc) is 2.59. The third-order valence-electron chi connectivity index (χ3n) is 4.49. The van der Waals surface area contributed by atoms with Crippen LogP contribution in [0.15, 0.2) is 23.4 Å². The maximum absolute atomic E-state index is 6.43. The van der Waals surface area contributed by atoms with Gasteiger partial charge >= 0.3 is 0 Å². The van der Waals surface area contributed by atoms with Gasteiger partial charge < -0.3 is 5.73 Å². The molecule has 0 fully saturated rings. The molecule has 3 nitrogen and oxygen atoms in total. The zero-order valence-electron chi connectivity index (χ0n) is 13.4. The first kappa shape index (κ1) is 16.6. The molecule has 1 aromatic heterocycles. The SMILES string of the molecule is CSc1nc(N)c2c(n1)CCc1cccc(Cl)c1CCCCC2. The van der Waals surface area contributed by atoms with Crippen LogP contribution in [0.2, 0.25) is 5.02 Å². The van der Waals surface area contributed by atoms with Gasteiger partial charge in [0, 0.05) is 10.6 Å². The predicted molar refractivity (Wildman–Crippen MR) is 98.3 cm³/mol. The largest absolute Gasteiger partial charge is 0.383 e. The van der Waals surface area contributed by atoms with Gasteiger partial charge in [-0.1, -0.05) is 41.9 Å². The molecular formula is C18H22ClN3S. The van der Waals surface area contributed by atoms with Crippen molar-refractivity contribution in [1.29, 1.82) is 0 Å². The molecule has 0 saturated carbocycles. The maximum Gasteiger partial charge on any atom is 0.189 e. The van der Waals surface area contributed by atoms with Crippen molar-refractivity contribution in [2.75, 3.05) is 12.0 Å². The van der Waals surface area contributed by atoms with E-state index in [9.17, 15) is 0 Å². The van der Waals surface area contributed by atoms with Gasteiger partial charge in [0.05, 0.1) is 5.69 Å². The van der Waals surface area contributed by atoms with E-state index in [1.807, 2.05) is 18.4 Å². The summed E-state index contributed by atoms with van der Waals surface area (Å²) in [4.78, 5) is 9.15. The van der Waals surface area contributed by atoms with Gasteiger partial charge in [-0.25, -0.2) is 9.97 Å². The molecule has 5 heteroatoms. The number of fused-ring (bicyclic) bond motifs is 2. The molecule has 2 N–H and O–H groups in total. The molecule has 0 unspecified atom stereocenters. The Morgan fingerprint density at radius 3 is 2.57 bits per heavy atom. The smallest absolute Gasteiger partial charge is 0.189 e. The lowest BCUT2D eigenvalue weighted by atomic mass is 9.97. The molecule has 0 saturated heterocycles. The zero-order chi connectivity index (χ0) is 16.2. The second-order valence-electron chi connectivity index (χ2n) is 5.96. The molecule has 1 aliphatic carbocycles. The van der Waals surface area contributed by atoms with Gasteiger partial charge in [-0.2, -0.15) is 0 Å². The Hall–Kier alpha value is -1.26. The maximum atomic E-state index is 6.43. The van der Waals surface area contributed by atoms with Crippen molar-refractivity contribution in [1.82, 2.24) is 9.97 Å². The Morgan fingerprint density at radius 1 is 1.00 bits per heavy atom. The van der Waals surface area contributed by atoms with Gasteiger partial charge in [0.1, 0.15) is 5.82 Å². The quantitative estimate of drug-likeness (QED) is 0.610. The van der Waals surface area contributed by atoms with Crippen LogP contribution in [0.1, 0.15) is 41.6 Å². The Kier molecular flexibility index (Phi) is 5.44. The van der Waals surface area contributed by atoms with Gasteiger partial charge in [-0.05, 0) is 62.0 Å². The van der Waals surface area contributed by atoms with Crippen LogP contribution in [-0.2, 0) is 25.7 Å². The Labute approximate surface area is 147 Å². The molecule has 0 spiro atoms. The van der Waals surface area contributed by atoms with Crippen molar-refractivity contribution in [2.45, 2.75) is 50.1 Å². The molecule has 0 bridgehead atoms. The number of thioether (sulfide) groups is 1. The van der Waals surface area contributed by atoms with Crippen molar-refractivity contribution in [3.05, 3.63) is 45.6 Å². The minimum atomic E-state index is 0.657. The summed E-state index contributed by atoms with van der Waals surface area (Å²) in [5.74, 6) is 0.657. The zero-order valence-corrected chi connectivity index (χ0v) is 15.0. The van der Waals surface area contributed by atoms with Crippen molar-refractivity contribution in [2.24, 2.45) is 0 Å². The second-order valence-corrected chi connectivity index (χ2v) is 7.14. The minimum Gasteiger partial charge on any atom is -0.383 e. The topological polar surface area (TPSA) is 51.8 Å². The summed E-state index contributed by atoms with van der Waals surface area (Å²) in [5, 5.41) is 1.66. The van der Waals surface area contributed by atoms with Crippen LogP contribution in [0.4, 0.5) is 5.82 Å². The van der Waals surface area contributed by atoms with E-state index >= 15 is 0 Å². The molecule has 23 heavy (non-hydrogen) atoms. The van der Waals surface area contributed by atoms with E-state index in [2.05, 4.69) is 11.1 Å². The number of halogens is 1. The van der Waals surface area contributed by atoms with Crippen LogP contribution in [0.3, 0.4) is 0 Å². The Bertz CT molecular complexity index is 703. The summed E-state index contributed by atoms with van der Waals surface area (Å²) >= 11 is 7.97. The predicted octanol–water partition coefficient (Wildman–Crippen LogP) is 4.49. The fraction of sp³-hybridized carbons (Fsp3) is 0.444. The summed E-state index contributed by atoms with van der Waals surface area (Å²) in [5.41, 5.74) is 11.1. The van der Waals surface area contributed by atoms with Crippen LogP contribution >= 0.6 is 23.4 Å². The van der Waals surface area contributed by atoms with Crippen LogP contribution < -0.4 is 5.73 Å². The highest BCUT2D eigenvalue weighted by molar-refractivity contribution is 7.98. The first-order valence-corrected chi connectivity index (χ1v) is 9.75. The van der Waals surface area contributed by atoms with Crippen LogP contribution in [0.25, 0.3) is 0 Å². The number of hydrogen-bond acceptors (Lipinski definition) is 4. The molecule has 1 aromatic carbocycles.